The predicted octanol–water partition coefficient (Wildman–Crippen LogP) is 3.61. The van der Waals surface area contributed by atoms with Crippen LogP contribution in [0.4, 0.5) is 5.69 Å². The summed E-state index contributed by atoms with van der Waals surface area (Å²) in [6.07, 6.45) is 7.78. The average molecular weight is 444 g/mol. The van der Waals surface area contributed by atoms with Crippen molar-refractivity contribution >= 4 is 21.6 Å². The molecule has 2 aromatic rings. The molecule has 0 bridgehead atoms. The Morgan fingerprint density at radius 1 is 1.23 bits per heavy atom. The number of methoxy groups -OCH3 is 1. The van der Waals surface area contributed by atoms with Gasteiger partial charge in [-0.3, -0.25) is 9.78 Å². The number of aromatic nitrogens is 1. The topological polar surface area (TPSA) is 88.6 Å². The number of aryl methyl sites for hydroxylation is 1. The van der Waals surface area contributed by atoms with E-state index in [0.29, 0.717) is 18.0 Å². The maximum absolute atomic E-state index is 13.5. The van der Waals surface area contributed by atoms with Crippen LogP contribution in [-0.2, 0) is 14.8 Å². The highest BCUT2D eigenvalue weighted by molar-refractivity contribution is 7.89. The summed E-state index contributed by atoms with van der Waals surface area (Å²) in [6.45, 7) is 2.50. The Morgan fingerprint density at radius 3 is 2.68 bits per heavy atom. The van der Waals surface area contributed by atoms with Crippen molar-refractivity contribution in [1.29, 1.82) is 0 Å². The van der Waals surface area contributed by atoms with Gasteiger partial charge in [-0.15, -0.1) is 0 Å². The zero-order valence-corrected chi connectivity index (χ0v) is 18.8. The molecule has 1 aromatic heterocycles. The van der Waals surface area contributed by atoms with E-state index in [2.05, 4.69) is 10.3 Å². The number of anilines is 1. The van der Waals surface area contributed by atoms with E-state index in [4.69, 9.17) is 4.74 Å². The molecule has 1 aliphatic carbocycles. The van der Waals surface area contributed by atoms with Crippen molar-refractivity contribution in [2.24, 2.45) is 11.3 Å². The lowest BCUT2D eigenvalue weighted by molar-refractivity contribution is -0.123. The van der Waals surface area contributed by atoms with Crippen LogP contribution in [0, 0.1) is 18.3 Å². The molecule has 1 amide bonds. The van der Waals surface area contributed by atoms with Gasteiger partial charge < -0.3 is 10.1 Å². The van der Waals surface area contributed by atoms with Crippen LogP contribution in [-0.4, -0.2) is 43.8 Å². The van der Waals surface area contributed by atoms with Crippen LogP contribution in [0.1, 0.15) is 37.7 Å². The highest BCUT2D eigenvalue weighted by Gasteiger charge is 2.53. The first kappa shape index (κ1) is 21.8. The number of ether oxygens (including phenoxy) is 1. The Labute approximate surface area is 183 Å². The van der Waals surface area contributed by atoms with Crippen molar-refractivity contribution in [2.45, 2.75) is 43.9 Å². The summed E-state index contributed by atoms with van der Waals surface area (Å²) in [5.41, 5.74) is 1.29. The largest absolute Gasteiger partial charge is 0.495 e. The van der Waals surface area contributed by atoms with Crippen molar-refractivity contribution in [2.75, 3.05) is 25.5 Å². The lowest BCUT2D eigenvalue weighted by Gasteiger charge is -2.37. The Balaban J connectivity index is 1.64. The summed E-state index contributed by atoms with van der Waals surface area (Å²) < 4.78 is 33.4. The number of hydrogen-bond donors (Lipinski definition) is 1. The molecule has 1 aliphatic heterocycles. The van der Waals surface area contributed by atoms with Gasteiger partial charge in [-0.25, -0.2) is 8.42 Å². The van der Waals surface area contributed by atoms with Gasteiger partial charge >= 0.3 is 0 Å². The molecule has 1 atom stereocenters. The molecule has 2 heterocycles. The van der Waals surface area contributed by atoms with Crippen molar-refractivity contribution < 1.29 is 17.9 Å². The van der Waals surface area contributed by atoms with Crippen LogP contribution in [0.5, 0.6) is 5.75 Å². The summed E-state index contributed by atoms with van der Waals surface area (Å²) in [5.74, 6) is 0.0358. The zero-order chi connectivity index (χ0) is 22.1. The second kappa shape index (κ2) is 8.59. The molecule has 1 N–H and O–H groups in total. The van der Waals surface area contributed by atoms with Gasteiger partial charge in [0.25, 0.3) is 0 Å². The molecule has 4 rings (SSSR count). The van der Waals surface area contributed by atoms with E-state index < -0.39 is 15.9 Å². The fourth-order valence-electron chi connectivity index (χ4n) is 5.02. The average Bonchev–Trinajstić information content (AvgIpc) is 3.14. The number of sulfonamides is 1. The van der Waals surface area contributed by atoms with Crippen LogP contribution < -0.4 is 10.1 Å². The molecular formula is C23H29N3O4S. The zero-order valence-electron chi connectivity index (χ0n) is 18.0. The minimum atomic E-state index is -3.71. The van der Waals surface area contributed by atoms with E-state index in [1.165, 1.54) is 10.5 Å². The highest BCUT2D eigenvalue weighted by atomic mass is 32.2. The van der Waals surface area contributed by atoms with Crippen LogP contribution in [0.2, 0.25) is 0 Å². The summed E-state index contributed by atoms with van der Waals surface area (Å²) in [4.78, 5) is 17.6. The molecule has 2 fully saturated rings. The van der Waals surface area contributed by atoms with Crippen molar-refractivity contribution in [3.63, 3.8) is 0 Å². The molecule has 0 unspecified atom stereocenters. The molecule has 1 aromatic carbocycles. The van der Waals surface area contributed by atoms with Crippen LogP contribution in [0.25, 0.3) is 0 Å². The van der Waals surface area contributed by atoms with Crippen molar-refractivity contribution in [1.82, 2.24) is 9.29 Å². The molecule has 7 nitrogen and oxygen atoms in total. The normalized spacial score (nSPS) is 21.2. The maximum atomic E-state index is 13.5. The quantitative estimate of drug-likeness (QED) is 0.763. The summed E-state index contributed by atoms with van der Waals surface area (Å²) in [5, 5.41) is 3.03. The van der Waals surface area contributed by atoms with Gasteiger partial charge in [-0.05, 0) is 55.0 Å². The monoisotopic (exact) mass is 443 g/mol. The first-order valence-electron chi connectivity index (χ1n) is 10.7. The van der Waals surface area contributed by atoms with Gasteiger partial charge in [-0.2, -0.15) is 4.31 Å². The number of benzene rings is 1. The van der Waals surface area contributed by atoms with E-state index in [-0.39, 0.29) is 22.8 Å². The third-order valence-corrected chi connectivity index (χ3v) is 8.46. The summed E-state index contributed by atoms with van der Waals surface area (Å²) in [7, 11) is -2.14. The van der Waals surface area contributed by atoms with Crippen LogP contribution in [0.3, 0.4) is 0 Å². The molecule has 1 saturated carbocycles. The molecule has 1 spiro atoms. The Bertz CT molecular complexity index is 1050. The molecule has 8 heteroatoms. The number of nitrogens with zero attached hydrogens (tertiary/aromatic N) is 2. The first-order chi connectivity index (χ1) is 14.9. The van der Waals surface area contributed by atoms with E-state index in [0.717, 1.165) is 37.7 Å². The second-order valence-electron chi connectivity index (χ2n) is 8.65. The Hall–Kier alpha value is -2.45. The standard InChI is InChI=1S/C23H29N3O4S/c1-17-8-9-21(30-2)20(13-17)25-22(27)19-15-26(16-23(19)10-4-3-5-11-23)31(28,29)18-7-6-12-24-14-18/h6-9,12-14,19H,3-5,10-11,15-16H2,1-2H3,(H,25,27)/t19-/m1/s1. The number of amides is 1. The first-order valence-corrected chi connectivity index (χ1v) is 12.2. The Morgan fingerprint density at radius 2 is 2.00 bits per heavy atom. The third kappa shape index (κ3) is 4.19. The predicted molar refractivity (Wildman–Crippen MR) is 118 cm³/mol. The highest BCUT2D eigenvalue weighted by Crippen LogP contribution is 2.49. The summed E-state index contributed by atoms with van der Waals surface area (Å²) >= 11 is 0. The van der Waals surface area contributed by atoms with Crippen molar-refractivity contribution in [3.05, 3.63) is 48.3 Å². The maximum Gasteiger partial charge on any atom is 0.244 e. The number of hydrogen-bond acceptors (Lipinski definition) is 5. The van der Waals surface area contributed by atoms with Gasteiger partial charge in [0, 0.05) is 25.5 Å². The van der Waals surface area contributed by atoms with Crippen LogP contribution in [0.15, 0.2) is 47.6 Å². The molecule has 0 radical (unpaired) electrons. The van der Waals surface area contributed by atoms with Gasteiger partial charge in [0.15, 0.2) is 0 Å². The second-order valence-corrected chi connectivity index (χ2v) is 10.6. The minimum absolute atomic E-state index is 0.144. The van der Waals surface area contributed by atoms with Gasteiger partial charge in [0.05, 0.1) is 18.7 Å². The number of rotatable bonds is 5. The Kier molecular flexibility index (Phi) is 6.03. The minimum Gasteiger partial charge on any atom is -0.495 e. The fourth-order valence-corrected chi connectivity index (χ4v) is 6.53. The van der Waals surface area contributed by atoms with E-state index in [9.17, 15) is 13.2 Å². The molecule has 1 saturated heterocycles. The van der Waals surface area contributed by atoms with Gasteiger partial charge in [0.2, 0.25) is 15.9 Å². The summed E-state index contributed by atoms with van der Waals surface area (Å²) in [6, 6.07) is 8.81. The number of carbonyl (C=O) groups is 1. The van der Waals surface area contributed by atoms with Gasteiger partial charge in [0.1, 0.15) is 10.6 Å². The fraction of sp³-hybridized carbons (Fsp3) is 0.478. The lowest BCUT2D eigenvalue weighted by Crippen LogP contribution is -2.39. The third-order valence-electron chi connectivity index (χ3n) is 6.67. The van der Waals surface area contributed by atoms with E-state index in [1.54, 1.807) is 25.4 Å². The van der Waals surface area contributed by atoms with Crippen molar-refractivity contribution in [3.8, 4) is 5.75 Å². The molecule has 166 valence electrons. The lowest BCUT2D eigenvalue weighted by atomic mass is 9.67. The number of nitrogens with one attached hydrogen (secondary N) is 1. The molecular weight excluding hydrogens is 414 g/mol. The molecule has 2 aliphatic rings. The SMILES string of the molecule is COc1ccc(C)cc1NC(=O)[C@H]1CN(S(=O)(=O)c2cccnc2)CC12CCCCC2. The van der Waals surface area contributed by atoms with E-state index in [1.807, 2.05) is 25.1 Å². The van der Waals surface area contributed by atoms with Gasteiger partial charge in [-0.1, -0.05) is 25.3 Å². The number of pyridine rings is 1. The van der Waals surface area contributed by atoms with E-state index >= 15 is 0 Å². The van der Waals surface area contributed by atoms with Crippen LogP contribution >= 0.6 is 0 Å². The smallest absolute Gasteiger partial charge is 0.244 e. The molecule has 31 heavy (non-hydrogen) atoms. The number of carbonyl (C=O) groups excluding carboxylic acids is 1.